The van der Waals surface area contributed by atoms with Gasteiger partial charge in [-0.1, -0.05) is 38.5 Å². The summed E-state index contributed by atoms with van der Waals surface area (Å²) in [6, 6.07) is -0.0672. The topological polar surface area (TPSA) is 83.1 Å². The average Bonchev–Trinajstić information content (AvgIpc) is 2.77. The number of nitrogens with zero attached hydrogens (tertiary/aromatic N) is 2. The zero-order valence-electron chi connectivity index (χ0n) is 19.0. The van der Waals surface area contributed by atoms with Crippen molar-refractivity contribution >= 4 is 12.1 Å². The van der Waals surface area contributed by atoms with E-state index in [2.05, 4.69) is 10.6 Å². The third-order valence-corrected chi connectivity index (χ3v) is 6.08. The van der Waals surface area contributed by atoms with Gasteiger partial charge < -0.3 is 20.1 Å². The van der Waals surface area contributed by atoms with Crippen LogP contribution >= 0.6 is 0 Å². The third-order valence-electron chi connectivity index (χ3n) is 6.08. The summed E-state index contributed by atoms with van der Waals surface area (Å²) in [5.41, 5.74) is 0. The molecule has 2 aliphatic carbocycles. The first-order chi connectivity index (χ1) is 14.7. The Morgan fingerprint density at radius 3 is 2.07 bits per heavy atom. The molecule has 2 fully saturated rings. The van der Waals surface area contributed by atoms with E-state index in [0.29, 0.717) is 32.7 Å². The molecule has 0 bridgehead atoms. The van der Waals surface area contributed by atoms with Crippen LogP contribution in [0.3, 0.4) is 0 Å². The van der Waals surface area contributed by atoms with Gasteiger partial charge in [0.1, 0.15) is 0 Å². The number of ether oxygens (including phenoxy) is 2. The van der Waals surface area contributed by atoms with E-state index in [9.17, 15) is 9.59 Å². The predicted octanol–water partition coefficient (Wildman–Crippen LogP) is 3.66. The van der Waals surface area contributed by atoms with Gasteiger partial charge in [0.25, 0.3) is 0 Å². The van der Waals surface area contributed by atoms with Crippen molar-refractivity contribution in [2.75, 3.05) is 40.5 Å². The molecule has 0 atom stereocenters. The molecule has 0 heterocycles. The number of methoxy groups -OCH3 is 2. The van der Waals surface area contributed by atoms with Crippen LogP contribution in [0, 0.1) is 0 Å². The lowest BCUT2D eigenvalue weighted by Gasteiger charge is -2.42. The van der Waals surface area contributed by atoms with Gasteiger partial charge >= 0.3 is 12.1 Å². The van der Waals surface area contributed by atoms with Crippen LogP contribution in [-0.4, -0.2) is 74.7 Å². The summed E-state index contributed by atoms with van der Waals surface area (Å²) in [6.07, 6.45) is 12.3. The summed E-state index contributed by atoms with van der Waals surface area (Å²) in [5.74, 6) is 0. The lowest BCUT2D eigenvalue weighted by Crippen LogP contribution is -2.61. The van der Waals surface area contributed by atoms with Crippen LogP contribution in [0.2, 0.25) is 0 Å². The smallest absolute Gasteiger partial charge is 0.336 e. The Labute approximate surface area is 182 Å². The van der Waals surface area contributed by atoms with Gasteiger partial charge in [0.05, 0.1) is 6.04 Å². The van der Waals surface area contributed by atoms with Crippen LogP contribution in [0.15, 0.2) is 0 Å². The number of hydrazine groups is 1. The summed E-state index contributed by atoms with van der Waals surface area (Å²) in [7, 11) is 3.31. The SMILES string of the molecule is COCCCNC(=O)N(CCCOC)N(C(=O)NC1CCCCC1)C1CCCCC1. The highest BCUT2D eigenvalue weighted by molar-refractivity contribution is 5.80. The molecule has 0 unspecified atom stereocenters. The number of urea groups is 2. The first-order valence-corrected chi connectivity index (χ1v) is 11.8. The summed E-state index contributed by atoms with van der Waals surface area (Å²) < 4.78 is 10.3. The Kier molecular flexibility index (Phi) is 11.9. The predicted molar refractivity (Wildman–Crippen MR) is 117 cm³/mol. The van der Waals surface area contributed by atoms with Crippen LogP contribution in [0.4, 0.5) is 9.59 Å². The van der Waals surface area contributed by atoms with E-state index in [4.69, 9.17) is 9.47 Å². The van der Waals surface area contributed by atoms with Crippen LogP contribution in [-0.2, 0) is 9.47 Å². The van der Waals surface area contributed by atoms with Crippen molar-refractivity contribution in [2.45, 2.75) is 89.1 Å². The monoisotopic (exact) mass is 426 g/mol. The van der Waals surface area contributed by atoms with E-state index in [1.54, 1.807) is 24.2 Å². The second-order valence-corrected chi connectivity index (χ2v) is 8.47. The summed E-state index contributed by atoms with van der Waals surface area (Å²) >= 11 is 0. The molecule has 0 radical (unpaired) electrons. The molecule has 4 amide bonds. The second kappa shape index (κ2) is 14.5. The van der Waals surface area contributed by atoms with E-state index < -0.39 is 0 Å². The Balaban J connectivity index is 2.11. The van der Waals surface area contributed by atoms with Crippen molar-refractivity contribution in [1.82, 2.24) is 20.7 Å². The maximum absolute atomic E-state index is 13.4. The second-order valence-electron chi connectivity index (χ2n) is 8.47. The van der Waals surface area contributed by atoms with Crippen molar-refractivity contribution in [3.8, 4) is 0 Å². The fraction of sp³-hybridized carbons (Fsp3) is 0.909. The Morgan fingerprint density at radius 1 is 0.833 bits per heavy atom. The minimum Gasteiger partial charge on any atom is -0.385 e. The van der Waals surface area contributed by atoms with Gasteiger partial charge in [-0.25, -0.2) is 19.6 Å². The number of carbonyl (C=O) groups is 2. The molecular weight excluding hydrogens is 384 g/mol. The first-order valence-electron chi connectivity index (χ1n) is 11.8. The minimum absolute atomic E-state index is 0.0645. The fourth-order valence-corrected chi connectivity index (χ4v) is 4.45. The van der Waals surface area contributed by atoms with Crippen LogP contribution in [0.1, 0.15) is 77.0 Å². The largest absolute Gasteiger partial charge is 0.385 e. The highest BCUT2D eigenvalue weighted by atomic mass is 16.5. The number of hydrogen-bond donors (Lipinski definition) is 2. The first kappa shape index (κ1) is 24.7. The standard InChI is InChI=1S/C22H42N4O4/c1-29-17-9-15-23-21(27)25(16-10-18-30-2)26(20-13-7-4-8-14-20)22(28)24-19-11-5-3-6-12-19/h19-20H,3-18H2,1-2H3,(H,23,27)(H,24,28). The average molecular weight is 427 g/mol. The molecule has 0 aromatic heterocycles. The van der Waals surface area contributed by atoms with Crippen LogP contribution in [0.5, 0.6) is 0 Å². The van der Waals surface area contributed by atoms with Gasteiger partial charge in [0.2, 0.25) is 0 Å². The van der Waals surface area contributed by atoms with E-state index >= 15 is 0 Å². The summed E-state index contributed by atoms with van der Waals surface area (Å²) in [5, 5.41) is 9.56. The van der Waals surface area contributed by atoms with Crippen molar-refractivity contribution < 1.29 is 19.1 Å². The highest BCUT2D eigenvalue weighted by Crippen LogP contribution is 2.25. The van der Waals surface area contributed by atoms with Gasteiger partial charge in [0.15, 0.2) is 0 Å². The molecule has 174 valence electrons. The third kappa shape index (κ3) is 8.30. The molecular formula is C22H42N4O4. The number of amides is 4. The molecule has 0 spiro atoms. The van der Waals surface area contributed by atoms with Gasteiger partial charge in [-0.05, 0) is 38.5 Å². The Morgan fingerprint density at radius 2 is 1.43 bits per heavy atom. The zero-order chi connectivity index (χ0) is 21.6. The lowest BCUT2D eigenvalue weighted by atomic mass is 9.94. The normalized spacial score (nSPS) is 18.1. The van der Waals surface area contributed by atoms with E-state index in [0.717, 1.165) is 57.8 Å². The van der Waals surface area contributed by atoms with Gasteiger partial charge in [-0.3, -0.25) is 0 Å². The van der Waals surface area contributed by atoms with Crippen LogP contribution < -0.4 is 10.6 Å². The molecule has 2 N–H and O–H groups in total. The molecule has 8 heteroatoms. The van der Waals surface area contributed by atoms with E-state index in [1.807, 2.05) is 0 Å². The van der Waals surface area contributed by atoms with E-state index in [-0.39, 0.29) is 24.1 Å². The Hall–Kier alpha value is -1.54. The molecule has 2 saturated carbocycles. The summed E-state index contributed by atoms with van der Waals surface area (Å²) in [4.78, 5) is 26.5. The summed E-state index contributed by atoms with van der Waals surface area (Å²) in [6.45, 7) is 2.13. The fourth-order valence-electron chi connectivity index (χ4n) is 4.45. The number of hydrogen-bond acceptors (Lipinski definition) is 4. The molecule has 0 aromatic rings. The molecule has 0 saturated heterocycles. The molecule has 2 rings (SSSR count). The van der Waals surface area contributed by atoms with E-state index in [1.165, 1.54) is 12.8 Å². The highest BCUT2D eigenvalue weighted by Gasteiger charge is 2.34. The lowest BCUT2D eigenvalue weighted by molar-refractivity contribution is -0.00368. The number of carbonyl (C=O) groups excluding carboxylic acids is 2. The molecule has 0 aromatic carbocycles. The number of rotatable bonds is 10. The number of nitrogens with one attached hydrogen (secondary N) is 2. The molecule has 0 aliphatic heterocycles. The molecule has 30 heavy (non-hydrogen) atoms. The van der Waals surface area contributed by atoms with Gasteiger partial charge in [-0.2, -0.15) is 0 Å². The van der Waals surface area contributed by atoms with Crippen LogP contribution in [0.25, 0.3) is 0 Å². The van der Waals surface area contributed by atoms with Gasteiger partial charge in [-0.15, -0.1) is 0 Å². The van der Waals surface area contributed by atoms with Crippen molar-refractivity contribution in [3.63, 3.8) is 0 Å². The Bertz CT molecular complexity index is 494. The molecule has 8 nitrogen and oxygen atoms in total. The maximum Gasteiger partial charge on any atom is 0.336 e. The van der Waals surface area contributed by atoms with Gasteiger partial charge in [0, 0.05) is 46.6 Å². The maximum atomic E-state index is 13.4. The van der Waals surface area contributed by atoms with Crippen molar-refractivity contribution in [3.05, 3.63) is 0 Å². The minimum atomic E-state index is -0.216. The van der Waals surface area contributed by atoms with Crippen molar-refractivity contribution in [2.24, 2.45) is 0 Å². The molecule has 2 aliphatic rings. The quantitative estimate of drug-likeness (QED) is 0.412. The van der Waals surface area contributed by atoms with Crippen molar-refractivity contribution in [1.29, 1.82) is 0 Å². The zero-order valence-corrected chi connectivity index (χ0v) is 19.0.